The van der Waals surface area contributed by atoms with Gasteiger partial charge in [-0.1, -0.05) is 20.8 Å². The summed E-state index contributed by atoms with van der Waals surface area (Å²) in [4.78, 5) is 0. The van der Waals surface area contributed by atoms with E-state index in [1.807, 2.05) is 0 Å². The molecule has 0 aliphatic heterocycles. The molecule has 0 fully saturated rings. The average Bonchev–Trinajstić information content (AvgIpc) is 2.02. The van der Waals surface area contributed by atoms with Crippen molar-refractivity contribution in [1.82, 2.24) is 5.32 Å². The monoisotopic (exact) mass is 189 g/mol. The molecule has 0 rings (SSSR count). The second-order valence-electron chi connectivity index (χ2n) is 4.38. The van der Waals surface area contributed by atoms with Crippen LogP contribution in [0.15, 0.2) is 0 Å². The van der Waals surface area contributed by atoms with E-state index in [0.717, 1.165) is 6.54 Å². The highest BCUT2D eigenvalue weighted by Gasteiger charge is 2.18. The van der Waals surface area contributed by atoms with E-state index in [-0.39, 0.29) is 12.0 Å². The van der Waals surface area contributed by atoms with Crippen molar-refractivity contribution in [2.75, 3.05) is 26.4 Å². The Labute approximate surface area is 81.5 Å². The normalized spacial score (nSPS) is 14.5. The molecule has 0 saturated heterocycles. The van der Waals surface area contributed by atoms with Crippen molar-refractivity contribution < 1.29 is 9.84 Å². The van der Waals surface area contributed by atoms with Crippen LogP contribution in [0, 0.1) is 5.41 Å². The van der Waals surface area contributed by atoms with Crippen LogP contribution < -0.4 is 5.32 Å². The molecule has 0 bridgehead atoms. The number of hydrogen-bond donors (Lipinski definition) is 2. The van der Waals surface area contributed by atoms with E-state index in [2.05, 4.69) is 33.0 Å². The summed E-state index contributed by atoms with van der Waals surface area (Å²) >= 11 is 0. The molecular formula is C10H23NO2. The highest BCUT2D eigenvalue weighted by Crippen LogP contribution is 2.17. The largest absolute Gasteiger partial charge is 0.394 e. The van der Waals surface area contributed by atoms with Gasteiger partial charge in [0.25, 0.3) is 0 Å². The Morgan fingerprint density at radius 1 is 1.31 bits per heavy atom. The lowest BCUT2D eigenvalue weighted by molar-refractivity contribution is 0.0903. The molecule has 0 heterocycles. The standard InChI is InChI=1S/C10H23NO2/c1-9(10(2,3)4)11-5-7-13-8-6-12/h9,11-12H,5-8H2,1-4H3. The third kappa shape index (κ3) is 6.99. The van der Waals surface area contributed by atoms with Crippen molar-refractivity contribution in [3.63, 3.8) is 0 Å². The number of rotatable bonds is 6. The first-order chi connectivity index (χ1) is 5.98. The van der Waals surface area contributed by atoms with Gasteiger partial charge < -0.3 is 15.2 Å². The SMILES string of the molecule is CC(NCCOCCO)C(C)(C)C. The predicted molar refractivity (Wildman–Crippen MR) is 54.8 cm³/mol. The summed E-state index contributed by atoms with van der Waals surface area (Å²) in [5, 5.41) is 11.8. The first-order valence-electron chi connectivity index (χ1n) is 4.90. The molecular weight excluding hydrogens is 166 g/mol. The van der Waals surface area contributed by atoms with Gasteiger partial charge in [0, 0.05) is 12.6 Å². The minimum Gasteiger partial charge on any atom is -0.394 e. The molecule has 0 aromatic rings. The van der Waals surface area contributed by atoms with Crippen LogP contribution in [0.4, 0.5) is 0 Å². The molecule has 13 heavy (non-hydrogen) atoms. The zero-order valence-electron chi connectivity index (χ0n) is 9.26. The van der Waals surface area contributed by atoms with Gasteiger partial charge in [-0.3, -0.25) is 0 Å². The molecule has 0 spiro atoms. The minimum absolute atomic E-state index is 0.106. The van der Waals surface area contributed by atoms with E-state index in [0.29, 0.717) is 19.3 Å². The topological polar surface area (TPSA) is 41.5 Å². The fourth-order valence-electron chi connectivity index (χ4n) is 0.820. The van der Waals surface area contributed by atoms with Gasteiger partial charge in [-0.25, -0.2) is 0 Å². The molecule has 0 aliphatic carbocycles. The molecule has 0 aromatic heterocycles. The number of ether oxygens (including phenoxy) is 1. The van der Waals surface area contributed by atoms with E-state index >= 15 is 0 Å². The number of hydrogen-bond acceptors (Lipinski definition) is 3. The molecule has 3 heteroatoms. The summed E-state index contributed by atoms with van der Waals surface area (Å²) in [5.74, 6) is 0. The second-order valence-corrected chi connectivity index (χ2v) is 4.38. The van der Waals surface area contributed by atoms with Gasteiger partial charge in [0.15, 0.2) is 0 Å². The molecule has 0 saturated carbocycles. The Bertz CT molecular complexity index is 121. The van der Waals surface area contributed by atoms with Gasteiger partial charge in [0.2, 0.25) is 0 Å². The van der Waals surface area contributed by atoms with Crippen molar-refractivity contribution in [2.24, 2.45) is 5.41 Å². The Morgan fingerprint density at radius 3 is 2.38 bits per heavy atom. The Balaban J connectivity index is 3.32. The third-order valence-corrected chi connectivity index (χ3v) is 2.23. The molecule has 80 valence electrons. The molecule has 1 unspecified atom stereocenters. The smallest absolute Gasteiger partial charge is 0.0698 e. The van der Waals surface area contributed by atoms with Crippen LogP contribution in [-0.2, 0) is 4.74 Å². The van der Waals surface area contributed by atoms with Crippen LogP contribution in [0.25, 0.3) is 0 Å². The fraction of sp³-hybridized carbons (Fsp3) is 1.00. The van der Waals surface area contributed by atoms with Gasteiger partial charge in [0.05, 0.1) is 19.8 Å². The van der Waals surface area contributed by atoms with E-state index in [9.17, 15) is 0 Å². The molecule has 0 aliphatic rings. The van der Waals surface area contributed by atoms with E-state index in [1.165, 1.54) is 0 Å². The van der Waals surface area contributed by atoms with Crippen molar-refractivity contribution >= 4 is 0 Å². The van der Waals surface area contributed by atoms with Gasteiger partial charge in [-0.15, -0.1) is 0 Å². The summed E-state index contributed by atoms with van der Waals surface area (Å²) in [7, 11) is 0. The number of aliphatic hydroxyl groups excluding tert-OH is 1. The second kappa shape index (κ2) is 6.35. The van der Waals surface area contributed by atoms with Gasteiger partial charge in [-0.05, 0) is 12.3 Å². The summed E-state index contributed by atoms with van der Waals surface area (Å²) in [5.41, 5.74) is 0.289. The lowest BCUT2D eigenvalue weighted by Gasteiger charge is -2.28. The molecule has 3 nitrogen and oxygen atoms in total. The van der Waals surface area contributed by atoms with Crippen LogP contribution in [0.5, 0.6) is 0 Å². The number of aliphatic hydroxyl groups is 1. The summed E-state index contributed by atoms with van der Waals surface area (Å²) in [6, 6.07) is 0.477. The van der Waals surface area contributed by atoms with E-state index in [4.69, 9.17) is 9.84 Å². The van der Waals surface area contributed by atoms with E-state index in [1.54, 1.807) is 0 Å². The van der Waals surface area contributed by atoms with Crippen molar-refractivity contribution in [3.05, 3.63) is 0 Å². The average molecular weight is 189 g/mol. The van der Waals surface area contributed by atoms with Crippen LogP contribution in [0.1, 0.15) is 27.7 Å². The van der Waals surface area contributed by atoms with Gasteiger partial charge >= 0.3 is 0 Å². The van der Waals surface area contributed by atoms with Crippen molar-refractivity contribution in [3.8, 4) is 0 Å². The van der Waals surface area contributed by atoms with Gasteiger partial charge in [-0.2, -0.15) is 0 Å². The van der Waals surface area contributed by atoms with Crippen molar-refractivity contribution in [2.45, 2.75) is 33.7 Å². The Kier molecular flexibility index (Phi) is 6.29. The summed E-state index contributed by atoms with van der Waals surface area (Å²) in [6.07, 6.45) is 0. The first kappa shape index (κ1) is 12.9. The van der Waals surface area contributed by atoms with Crippen LogP contribution in [0.3, 0.4) is 0 Å². The number of nitrogens with one attached hydrogen (secondary N) is 1. The van der Waals surface area contributed by atoms with Gasteiger partial charge in [0.1, 0.15) is 0 Å². The molecule has 0 amide bonds. The molecule has 0 radical (unpaired) electrons. The third-order valence-electron chi connectivity index (χ3n) is 2.23. The minimum atomic E-state index is 0.106. The maximum atomic E-state index is 8.46. The fourth-order valence-corrected chi connectivity index (χ4v) is 0.820. The van der Waals surface area contributed by atoms with E-state index < -0.39 is 0 Å². The first-order valence-corrected chi connectivity index (χ1v) is 4.90. The maximum Gasteiger partial charge on any atom is 0.0698 e. The molecule has 0 aromatic carbocycles. The zero-order chi connectivity index (χ0) is 10.3. The molecule has 1 atom stereocenters. The summed E-state index contributed by atoms with van der Waals surface area (Å²) < 4.78 is 5.13. The lowest BCUT2D eigenvalue weighted by atomic mass is 9.88. The predicted octanol–water partition coefficient (Wildman–Crippen LogP) is 1.02. The molecule has 2 N–H and O–H groups in total. The Hall–Kier alpha value is -0.120. The quantitative estimate of drug-likeness (QED) is 0.613. The zero-order valence-corrected chi connectivity index (χ0v) is 9.26. The summed E-state index contributed by atoms with van der Waals surface area (Å²) in [6.45, 7) is 10.9. The van der Waals surface area contributed by atoms with Crippen LogP contribution >= 0.6 is 0 Å². The van der Waals surface area contributed by atoms with Crippen LogP contribution in [0.2, 0.25) is 0 Å². The Morgan fingerprint density at radius 2 is 1.92 bits per heavy atom. The maximum absolute atomic E-state index is 8.46. The van der Waals surface area contributed by atoms with Crippen molar-refractivity contribution in [1.29, 1.82) is 0 Å². The lowest BCUT2D eigenvalue weighted by Crippen LogP contribution is -2.39. The highest BCUT2D eigenvalue weighted by molar-refractivity contribution is 4.75. The van der Waals surface area contributed by atoms with Crippen LogP contribution in [-0.4, -0.2) is 37.5 Å². The highest BCUT2D eigenvalue weighted by atomic mass is 16.5.